The summed E-state index contributed by atoms with van der Waals surface area (Å²) in [6, 6.07) is 10.5. The van der Waals surface area contributed by atoms with E-state index in [1.807, 2.05) is 0 Å². The molecule has 0 heterocycles. The van der Waals surface area contributed by atoms with Gasteiger partial charge in [-0.2, -0.15) is 0 Å². The van der Waals surface area contributed by atoms with Crippen LogP contribution in [0, 0.1) is 5.92 Å². The van der Waals surface area contributed by atoms with E-state index in [1.165, 1.54) is 18.4 Å². The molecular formula is C24H38ClNO3. The standard InChI is InChI=1S/C24H37NO3.ClH/c1-18-17-22(26)21(25)14-7-15-23(24(18)28-20-12-5-6-13-20)27-16-8-11-19-9-3-2-4-10-19;/h2-4,9-10,18,20-21,23-24H,5-8,11-17,25H2,1H3;1H/t18-,21+,23+,24+;/m1./s1. The highest BCUT2D eigenvalue weighted by atomic mass is 35.5. The lowest BCUT2D eigenvalue weighted by Gasteiger charge is -2.33. The lowest BCUT2D eigenvalue weighted by molar-refractivity contribution is -0.404. The number of Topliss-reactive ketones (excluding diaryl/α,β-unsaturated/α-hetero) is 1. The van der Waals surface area contributed by atoms with Crippen LogP contribution in [0.2, 0.25) is 0 Å². The van der Waals surface area contributed by atoms with Crippen molar-refractivity contribution in [3.63, 3.8) is 0 Å². The first kappa shape index (κ1) is 24.3. The molecule has 0 saturated heterocycles. The second kappa shape index (κ2) is 12.7. The third-order valence-corrected chi connectivity index (χ3v) is 6.38. The summed E-state index contributed by atoms with van der Waals surface area (Å²) in [4.78, 5) is 12.5. The first-order valence-corrected chi connectivity index (χ1v) is 11.3. The maximum atomic E-state index is 12.5. The number of carbonyl (C=O) groups excluding carboxylic acids is 1. The number of aryl methyl sites for hydroxylation is 1. The normalized spacial score (nSPS) is 29.0. The van der Waals surface area contributed by atoms with Crippen LogP contribution in [0.3, 0.4) is 0 Å². The lowest BCUT2D eigenvalue weighted by atomic mass is 9.92. The molecule has 29 heavy (non-hydrogen) atoms. The third kappa shape index (κ3) is 7.67. The maximum absolute atomic E-state index is 12.5. The summed E-state index contributed by atoms with van der Waals surface area (Å²) in [5, 5.41) is 0. The highest BCUT2D eigenvalue weighted by Gasteiger charge is 2.35. The molecule has 4 nitrogen and oxygen atoms in total. The third-order valence-electron chi connectivity index (χ3n) is 6.38. The fourth-order valence-electron chi connectivity index (χ4n) is 4.66. The van der Waals surface area contributed by atoms with Gasteiger partial charge in [-0.05, 0) is 50.0 Å². The lowest BCUT2D eigenvalue weighted by Crippen LogP contribution is -3.00. The SMILES string of the molecule is C[C@@H]1CC(=O)[C@@H]([NH3+])CCC[C@H](OCCCc2ccccc2)[C@H]1OC1CCCC1.[Cl-]. The van der Waals surface area contributed by atoms with Crippen molar-refractivity contribution in [1.82, 2.24) is 0 Å². The van der Waals surface area contributed by atoms with E-state index >= 15 is 0 Å². The Morgan fingerprint density at radius 3 is 2.48 bits per heavy atom. The minimum absolute atomic E-state index is 0. The molecule has 1 aromatic carbocycles. The van der Waals surface area contributed by atoms with Gasteiger partial charge in [-0.1, -0.05) is 50.1 Å². The van der Waals surface area contributed by atoms with E-state index in [2.05, 4.69) is 43.0 Å². The van der Waals surface area contributed by atoms with Gasteiger partial charge in [0.2, 0.25) is 0 Å². The van der Waals surface area contributed by atoms with Crippen LogP contribution in [0.15, 0.2) is 30.3 Å². The monoisotopic (exact) mass is 423 g/mol. The molecule has 4 atom stereocenters. The molecule has 2 saturated carbocycles. The molecule has 2 fully saturated rings. The second-order valence-corrected chi connectivity index (χ2v) is 8.78. The van der Waals surface area contributed by atoms with Gasteiger partial charge in [0.25, 0.3) is 0 Å². The minimum atomic E-state index is -0.0774. The molecule has 0 spiro atoms. The van der Waals surface area contributed by atoms with Gasteiger partial charge in [-0.15, -0.1) is 0 Å². The van der Waals surface area contributed by atoms with Crippen molar-refractivity contribution < 1.29 is 32.4 Å². The predicted octanol–water partition coefficient (Wildman–Crippen LogP) is 0.726. The van der Waals surface area contributed by atoms with Crippen molar-refractivity contribution in [2.45, 2.75) is 95.5 Å². The topological polar surface area (TPSA) is 63.2 Å². The number of hydrogen-bond acceptors (Lipinski definition) is 3. The van der Waals surface area contributed by atoms with Crippen molar-refractivity contribution in [3.05, 3.63) is 35.9 Å². The van der Waals surface area contributed by atoms with Crippen LogP contribution in [0.1, 0.15) is 70.3 Å². The highest BCUT2D eigenvalue weighted by molar-refractivity contribution is 5.82. The Kier molecular flexibility index (Phi) is 10.6. The zero-order valence-electron chi connectivity index (χ0n) is 17.9. The molecule has 0 amide bonds. The molecule has 0 radical (unpaired) electrons. The Bertz CT molecular complexity index is 591. The summed E-state index contributed by atoms with van der Waals surface area (Å²) < 4.78 is 13.0. The Balaban J connectivity index is 0.00000300. The smallest absolute Gasteiger partial charge is 0.190 e. The van der Waals surface area contributed by atoms with E-state index in [1.54, 1.807) is 0 Å². The van der Waals surface area contributed by atoms with Gasteiger partial charge >= 0.3 is 0 Å². The number of rotatable bonds is 7. The van der Waals surface area contributed by atoms with Gasteiger partial charge in [-0.25, -0.2) is 0 Å². The predicted molar refractivity (Wildman–Crippen MR) is 111 cm³/mol. The van der Waals surface area contributed by atoms with E-state index < -0.39 is 0 Å². The number of ether oxygens (including phenoxy) is 2. The molecule has 2 aliphatic rings. The summed E-state index contributed by atoms with van der Waals surface area (Å²) in [5.41, 5.74) is 5.45. The van der Waals surface area contributed by atoms with Crippen LogP contribution < -0.4 is 18.1 Å². The van der Waals surface area contributed by atoms with E-state index in [-0.39, 0.29) is 42.4 Å². The summed E-state index contributed by atoms with van der Waals surface area (Å²) in [6.07, 6.45) is 10.7. The van der Waals surface area contributed by atoms with Crippen molar-refractivity contribution >= 4 is 5.78 Å². The first-order valence-electron chi connectivity index (χ1n) is 11.3. The molecule has 164 valence electrons. The van der Waals surface area contributed by atoms with E-state index in [0.29, 0.717) is 12.5 Å². The van der Waals surface area contributed by atoms with Gasteiger partial charge in [-0.3, -0.25) is 4.79 Å². The molecule has 0 aliphatic heterocycles. The molecule has 2 aliphatic carbocycles. The van der Waals surface area contributed by atoms with E-state index in [0.717, 1.165) is 51.6 Å². The van der Waals surface area contributed by atoms with Gasteiger partial charge in [0.1, 0.15) is 6.04 Å². The molecular weight excluding hydrogens is 386 g/mol. The van der Waals surface area contributed by atoms with Crippen molar-refractivity contribution in [3.8, 4) is 0 Å². The Morgan fingerprint density at radius 1 is 1.03 bits per heavy atom. The first-order chi connectivity index (χ1) is 13.6. The van der Waals surface area contributed by atoms with Crippen LogP contribution in [-0.2, 0) is 20.7 Å². The molecule has 0 bridgehead atoms. The number of hydrogen-bond donors (Lipinski definition) is 1. The number of ketones is 1. The van der Waals surface area contributed by atoms with E-state index in [4.69, 9.17) is 9.47 Å². The molecule has 3 rings (SSSR count). The fourth-order valence-corrected chi connectivity index (χ4v) is 4.66. The molecule has 0 aromatic heterocycles. The zero-order valence-corrected chi connectivity index (χ0v) is 18.6. The van der Waals surface area contributed by atoms with Crippen LogP contribution in [0.25, 0.3) is 0 Å². The number of benzene rings is 1. The summed E-state index contributed by atoms with van der Waals surface area (Å²) >= 11 is 0. The molecule has 5 heteroatoms. The quantitative estimate of drug-likeness (QED) is 0.657. The summed E-state index contributed by atoms with van der Waals surface area (Å²) in [5.74, 6) is 0.479. The second-order valence-electron chi connectivity index (χ2n) is 8.78. The Morgan fingerprint density at radius 2 is 1.76 bits per heavy atom. The Hall–Kier alpha value is -0.940. The summed E-state index contributed by atoms with van der Waals surface area (Å²) in [7, 11) is 0. The number of quaternary nitrogens is 1. The van der Waals surface area contributed by atoms with Gasteiger partial charge in [0.15, 0.2) is 5.78 Å². The van der Waals surface area contributed by atoms with Crippen molar-refractivity contribution in [1.29, 1.82) is 0 Å². The van der Waals surface area contributed by atoms with Gasteiger partial charge in [0.05, 0.1) is 18.3 Å². The summed E-state index contributed by atoms with van der Waals surface area (Å²) in [6.45, 7) is 2.91. The number of carbonyl (C=O) groups is 1. The molecule has 1 aromatic rings. The van der Waals surface area contributed by atoms with Crippen LogP contribution in [0.5, 0.6) is 0 Å². The van der Waals surface area contributed by atoms with Crippen molar-refractivity contribution in [2.24, 2.45) is 5.92 Å². The maximum Gasteiger partial charge on any atom is 0.190 e. The average Bonchev–Trinajstić information content (AvgIpc) is 3.22. The largest absolute Gasteiger partial charge is 1.00 e. The number of halogens is 1. The van der Waals surface area contributed by atoms with Gasteiger partial charge < -0.3 is 27.6 Å². The average molecular weight is 424 g/mol. The van der Waals surface area contributed by atoms with Gasteiger partial charge in [0, 0.05) is 19.4 Å². The van der Waals surface area contributed by atoms with Crippen LogP contribution in [0.4, 0.5) is 0 Å². The minimum Gasteiger partial charge on any atom is -1.00 e. The molecule has 0 unspecified atom stereocenters. The highest BCUT2D eigenvalue weighted by Crippen LogP contribution is 2.30. The van der Waals surface area contributed by atoms with E-state index in [9.17, 15) is 4.79 Å². The van der Waals surface area contributed by atoms with Crippen LogP contribution in [-0.4, -0.2) is 36.7 Å². The van der Waals surface area contributed by atoms with Crippen LogP contribution >= 0.6 is 0 Å². The van der Waals surface area contributed by atoms with Crippen molar-refractivity contribution in [2.75, 3.05) is 6.61 Å². The Labute approximate surface area is 182 Å². The molecule has 3 N–H and O–H groups in total. The zero-order chi connectivity index (χ0) is 19.8. The fraction of sp³-hybridized carbons (Fsp3) is 0.708.